The van der Waals surface area contributed by atoms with Crippen LogP contribution < -0.4 is 11.1 Å². The van der Waals surface area contributed by atoms with E-state index >= 15 is 0 Å². The van der Waals surface area contributed by atoms with Gasteiger partial charge in [-0.1, -0.05) is 39.5 Å². The number of nitrogens with two attached hydrogens (primary N) is 1. The third-order valence-corrected chi connectivity index (χ3v) is 4.25. The molecule has 0 aromatic heterocycles. The van der Waals surface area contributed by atoms with Gasteiger partial charge in [0.25, 0.3) is 0 Å². The molecule has 0 radical (unpaired) electrons. The van der Waals surface area contributed by atoms with Gasteiger partial charge < -0.3 is 15.8 Å². The molecular weight excluding hydrogens is 240 g/mol. The van der Waals surface area contributed by atoms with Crippen LogP contribution in [-0.2, 0) is 9.53 Å². The van der Waals surface area contributed by atoms with Crippen molar-refractivity contribution in [3.05, 3.63) is 0 Å². The first-order valence-corrected chi connectivity index (χ1v) is 7.79. The summed E-state index contributed by atoms with van der Waals surface area (Å²) in [4.78, 5) is 11.9. The van der Waals surface area contributed by atoms with Gasteiger partial charge in [-0.2, -0.15) is 0 Å². The van der Waals surface area contributed by atoms with Crippen molar-refractivity contribution in [3.8, 4) is 0 Å². The number of hydrogen-bond acceptors (Lipinski definition) is 3. The van der Waals surface area contributed by atoms with Crippen LogP contribution in [0.5, 0.6) is 0 Å². The van der Waals surface area contributed by atoms with E-state index in [1.807, 2.05) is 0 Å². The van der Waals surface area contributed by atoms with Crippen molar-refractivity contribution in [2.24, 2.45) is 5.73 Å². The lowest BCUT2D eigenvalue weighted by Crippen LogP contribution is -2.44. The minimum atomic E-state index is -0.262. The SMILES string of the molecule is CCC(CC)NC(=O)COC1(CN)CCCCCC1. The van der Waals surface area contributed by atoms with Crippen LogP contribution >= 0.6 is 0 Å². The summed E-state index contributed by atoms with van der Waals surface area (Å²) in [5, 5.41) is 3.01. The lowest BCUT2D eigenvalue weighted by Gasteiger charge is -2.31. The zero-order valence-electron chi connectivity index (χ0n) is 12.5. The van der Waals surface area contributed by atoms with Crippen molar-refractivity contribution in [1.82, 2.24) is 5.32 Å². The molecule has 1 amide bonds. The van der Waals surface area contributed by atoms with Gasteiger partial charge in [-0.25, -0.2) is 0 Å². The van der Waals surface area contributed by atoms with E-state index in [1.54, 1.807) is 0 Å². The summed E-state index contributed by atoms with van der Waals surface area (Å²) in [6.45, 7) is 4.84. The molecule has 1 aliphatic carbocycles. The smallest absolute Gasteiger partial charge is 0.246 e. The number of nitrogens with one attached hydrogen (secondary N) is 1. The van der Waals surface area contributed by atoms with Gasteiger partial charge in [-0.3, -0.25) is 4.79 Å². The molecule has 0 aliphatic heterocycles. The van der Waals surface area contributed by atoms with Crippen molar-refractivity contribution in [2.75, 3.05) is 13.2 Å². The molecular formula is C15H30N2O2. The molecule has 4 nitrogen and oxygen atoms in total. The molecule has 3 N–H and O–H groups in total. The Morgan fingerprint density at radius 1 is 1.21 bits per heavy atom. The number of carbonyl (C=O) groups is 1. The topological polar surface area (TPSA) is 64.3 Å². The van der Waals surface area contributed by atoms with Gasteiger partial charge in [0.15, 0.2) is 0 Å². The summed E-state index contributed by atoms with van der Waals surface area (Å²) in [6, 6.07) is 0.263. The summed E-state index contributed by atoms with van der Waals surface area (Å²) in [5.74, 6) is -0.00854. The van der Waals surface area contributed by atoms with Gasteiger partial charge in [0.1, 0.15) is 6.61 Å². The fourth-order valence-electron chi connectivity index (χ4n) is 2.76. The van der Waals surface area contributed by atoms with E-state index in [9.17, 15) is 4.79 Å². The molecule has 4 heteroatoms. The molecule has 0 aromatic carbocycles. The van der Waals surface area contributed by atoms with Crippen LogP contribution in [0.4, 0.5) is 0 Å². The second kappa shape index (κ2) is 8.54. The summed E-state index contributed by atoms with van der Waals surface area (Å²) in [6.07, 6.45) is 8.73. The first-order valence-electron chi connectivity index (χ1n) is 7.79. The van der Waals surface area contributed by atoms with Crippen LogP contribution in [0, 0.1) is 0 Å². The largest absolute Gasteiger partial charge is 0.364 e. The number of hydrogen-bond donors (Lipinski definition) is 2. The first-order chi connectivity index (χ1) is 9.15. The lowest BCUT2D eigenvalue weighted by molar-refractivity contribution is -0.134. The monoisotopic (exact) mass is 270 g/mol. The van der Waals surface area contributed by atoms with Crippen molar-refractivity contribution >= 4 is 5.91 Å². The quantitative estimate of drug-likeness (QED) is 0.698. The summed E-state index contributed by atoms with van der Waals surface area (Å²) < 4.78 is 5.91. The van der Waals surface area contributed by atoms with Crippen LogP contribution in [0.1, 0.15) is 65.2 Å². The number of amides is 1. The van der Waals surface area contributed by atoms with E-state index in [0.29, 0.717) is 6.54 Å². The molecule has 112 valence electrons. The molecule has 1 rings (SSSR count). The summed E-state index contributed by atoms with van der Waals surface area (Å²) in [7, 11) is 0. The Balaban J connectivity index is 2.41. The predicted molar refractivity (Wildman–Crippen MR) is 78.0 cm³/mol. The average Bonchev–Trinajstić information content (AvgIpc) is 2.68. The maximum atomic E-state index is 11.9. The van der Waals surface area contributed by atoms with Gasteiger partial charge in [-0.15, -0.1) is 0 Å². The number of rotatable bonds is 7. The molecule has 0 heterocycles. The van der Waals surface area contributed by atoms with Crippen LogP contribution in [0.25, 0.3) is 0 Å². The van der Waals surface area contributed by atoms with Crippen LogP contribution in [0.2, 0.25) is 0 Å². The van der Waals surface area contributed by atoms with Crippen LogP contribution in [0.3, 0.4) is 0 Å². The van der Waals surface area contributed by atoms with E-state index in [-0.39, 0.29) is 24.2 Å². The predicted octanol–water partition coefficient (Wildman–Crippen LogP) is 2.36. The summed E-state index contributed by atoms with van der Waals surface area (Å²) in [5.41, 5.74) is 5.63. The van der Waals surface area contributed by atoms with Crippen molar-refractivity contribution in [2.45, 2.75) is 76.9 Å². The Morgan fingerprint density at radius 2 is 1.79 bits per heavy atom. The maximum absolute atomic E-state index is 11.9. The third-order valence-electron chi connectivity index (χ3n) is 4.25. The van der Waals surface area contributed by atoms with Gasteiger partial charge in [-0.05, 0) is 25.7 Å². The Bertz CT molecular complexity index is 257. The van der Waals surface area contributed by atoms with Crippen LogP contribution in [0.15, 0.2) is 0 Å². The highest BCUT2D eigenvalue weighted by molar-refractivity contribution is 5.77. The third kappa shape index (κ3) is 5.49. The first kappa shape index (κ1) is 16.4. The Hall–Kier alpha value is -0.610. The lowest BCUT2D eigenvalue weighted by atomic mass is 9.94. The molecule has 19 heavy (non-hydrogen) atoms. The fourth-order valence-corrected chi connectivity index (χ4v) is 2.76. The van der Waals surface area contributed by atoms with Crippen molar-refractivity contribution in [3.63, 3.8) is 0 Å². The molecule has 0 spiro atoms. The number of carbonyl (C=O) groups excluding carboxylic acids is 1. The van der Waals surface area contributed by atoms with Gasteiger partial charge in [0.2, 0.25) is 5.91 Å². The molecule has 0 aromatic rings. The van der Waals surface area contributed by atoms with Gasteiger partial charge >= 0.3 is 0 Å². The minimum absolute atomic E-state index is 0.00854. The Morgan fingerprint density at radius 3 is 2.26 bits per heavy atom. The van der Waals surface area contributed by atoms with Gasteiger partial charge in [0, 0.05) is 12.6 Å². The normalized spacial score (nSPS) is 19.2. The molecule has 0 bridgehead atoms. The fraction of sp³-hybridized carbons (Fsp3) is 0.933. The molecule has 1 saturated carbocycles. The molecule has 1 aliphatic rings. The maximum Gasteiger partial charge on any atom is 0.246 e. The Labute approximate surface area is 117 Å². The zero-order chi connectivity index (χ0) is 14.1. The second-order valence-electron chi connectivity index (χ2n) is 5.67. The molecule has 1 fully saturated rings. The highest BCUT2D eigenvalue weighted by atomic mass is 16.5. The highest BCUT2D eigenvalue weighted by Gasteiger charge is 2.31. The van der Waals surface area contributed by atoms with Crippen LogP contribution in [-0.4, -0.2) is 30.7 Å². The van der Waals surface area contributed by atoms with E-state index in [4.69, 9.17) is 10.5 Å². The molecule has 0 atom stereocenters. The van der Waals surface area contributed by atoms with Crippen molar-refractivity contribution in [1.29, 1.82) is 0 Å². The van der Waals surface area contributed by atoms with Crippen molar-refractivity contribution < 1.29 is 9.53 Å². The van der Waals surface area contributed by atoms with E-state index in [1.165, 1.54) is 12.8 Å². The van der Waals surface area contributed by atoms with Gasteiger partial charge in [0.05, 0.1) is 5.60 Å². The summed E-state index contributed by atoms with van der Waals surface area (Å²) >= 11 is 0. The Kier molecular flexibility index (Phi) is 7.39. The average molecular weight is 270 g/mol. The standard InChI is InChI=1S/C15H30N2O2/c1-3-13(4-2)17-14(18)11-19-15(12-16)9-7-5-6-8-10-15/h13H,3-12,16H2,1-2H3,(H,17,18). The minimum Gasteiger partial charge on any atom is -0.364 e. The number of ether oxygens (including phenoxy) is 1. The highest BCUT2D eigenvalue weighted by Crippen LogP contribution is 2.29. The van der Waals surface area contributed by atoms with E-state index in [0.717, 1.165) is 38.5 Å². The molecule has 0 unspecified atom stereocenters. The molecule has 0 saturated heterocycles. The van der Waals surface area contributed by atoms with E-state index < -0.39 is 0 Å². The second-order valence-corrected chi connectivity index (χ2v) is 5.67. The zero-order valence-corrected chi connectivity index (χ0v) is 12.5. The van der Waals surface area contributed by atoms with E-state index in [2.05, 4.69) is 19.2 Å².